The van der Waals surface area contributed by atoms with Gasteiger partial charge in [-0.1, -0.05) is 30.3 Å². The normalized spacial score (nSPS) is 11.4. The molecule has 6 heteroatoms. The molecule has 0 bridgehead atoms. The van der Waals surface area contributed by atoms with Gasteiger partial charge < -0.3 is 14.8 Å². The Bertz CT molecular complexity index is 396. The van der Waals surface area contributed by atoms with Gasteiger partial charge in [-0.15, -0.1) is 0 Å². The number of rotatable bonds is 5. The Morgan fingerprint density at radius 3 is 2.56 bits per heavy atom. The number of nitrogens with one attached hydrogen (secondary N) is 1. The van der Waals surface area contributed by atoms with E-state index in [-0.39, 0.29) is 12.4 Å². The number of hydrogen-bond acceptors (Lipinski definition) is 5. The Labute approximate surface area is 111 Å². The lowest BCUT2D eigenvalue weighted by molar-refractivity contribution is -0.142. The van der Waals surface area contributed by atoms with Crippen molar-refractivity contribution >= 4 is 24.7 Å². The summed E-state index contributed by atoms with van der Waals surface area (Å²) in [6.07, 6.45) is -0.677. The van der Waals surface area contributed by atoms with E-state index in [4.69, 9.17) is 4.74 Å². The zero-order chi connectivity index (χ0) is 13.4. The van der Waals surface area contributed by atoms with E-state index in [0.717, 1.165) is 5.56 Å². The molecule has 1 amide bonds. The van der Waals surface area contributed by atoms with Crippen molar-refractivity contribution in [2.45, 2.75) is 12.6 Å². The van der Waals surface area contributed by atoms with Crippen LogP contribution >= 0.6 is 12.6 Å². The standard InChI is InChI=1S/C12H15NO4S/c1-16-11(14)10(8-18)13-12(15)17-7-9-5-3-2-4-6-9/h2-6,10,18H,7-8H2,1H3,(H,13,15)/t10-/m0/s1. The molecule has 0 saturated heterocycles. The molecule has 0 radical (unpaired) electrons. The van der Waals surface area contributed by atoms with Crippen molar-refractivity contribution in [3.63, 3.8) is 0 Å². The van der Waals surface area contributed by atoms with Gasteiger partial charge in [-0.25, -0.2) is 9.59 Å². The van der Waals surface area contributed by atoms with Crippen molar-refractivity contribution in [2.24, 2.45) is 0 Å². The molecule has 0 spiro atoms. The van der Waals surface area contributed by atoms with Gasteiger partial charge in [-0.3, -0.25) is 0 Å². The van der Waals surface area contributed by atoms with E-state index >= 15 is 0 Å². The number of methoxy groups -OCH3 is 1. The first-order valence-electron chi connectivity index (χ1n) is 5.33. The fourth-order valence-electron chi connectivity index (χ4n) is 1.23. The second-order valence-corrected chi connectivity index (χ2v) is 3.83. The van der Waals surface area contributed by atoms with E-state index in [1.807, 2.05) is 30.3 Å². The summed E-state index contributed by atoms with van der Waals surface area (Å²) in [5, 5.41) is 2.38. The van der Waals surface area contributed by atoms with Crippen molar-refractivity contribution in [3.8, 4) is 0 Å². The number of carbonyl (C=O) groups excluding carboxylic acids is 2. The minimum absolute atomic E-state index is 0.146. The van der Waals surface area contributed by atoms with Gasteiger partial charge >= 0.3 is 12.1 Å². The summed E-state index contributed by atoms with van der Waals surface area (Å²) in [6, 6.07) is 8.44. The fourth-order valence-corrected chi connectivity index (χ4v) is 1.47. The second-order valence-electron chi connectivity index (χ2n) is 3.46. The third-order valence-electron chi connectivity index (χ3n) is 2.17. The first-order valence-corrected chi connectivity index (χ1v) is 5.96. The summed E-state index contributed by atoms with van der Waals surface area (Å²) < 4.78 is 9.47. The van der Waals surface area contributed by atoms with Gasteiger partial charge in [0.25, 0.3) is 0 Å². The maximum atomic E-state index is 11.4. The molecule has 1 aromatic rings. The highest BCUT2D eigenvalue weighted by Crippen LogP contribution is 2.01. The van der Waals surface area contributed by atoms with E-state index in [0.29, 0.717) is 0 Å². The summed E-state index contributed by atoms with van der Waals surface area (Å²) in [7, 11) is 1.25. The van der Waals surface area contributed by atoms with Crippen LogP contribution in [0.4, 0.5) is 4.79 Å². The highest BCUT2D eigenvalue weighted by atomic mass is 32.1. The minimum Gasteiger partial charge on any atom is -0.467 e. The van der Waals surface area contributed by atoms with E-state index in [1.165, 1.54) is 7.11 Å². The van der Waals surface area contributed by atoms with Gasteiger partial charge in [0.1, 0.15) is 12.6 Å². The lowest BCUT2D eigenvalue weighted by Gasteiger charge is -2.14. The van der Waals surface area contributed by atoms with Gasteiger partial charge in [0.2, 0.25) is 0 Å². The van der Waals surface area contributed by atoms with E-state index in [1.54, 1.807) is 0 Å². The Hall–Kier alpha value is -1.69. The number of thiol groups is 1. The average molecular weight is 269 g/mol. The SMILES string of the molecule is COC(=O)[C@H](CS)NC(=O)OCc1ccccc1. The van der Waals surface area contributed by atoms with Gasteiger partial charge in [0.15, 0.2) is 0 Å². The fraction of sp³-hybridized carbons (Fsp3) is 0.333. The molecule has 5 nitrogen and oxygen atoms in total. The molecule has 1 N–H and O–H groups in total. The Morgan fingerprint density at radius 2 is 2.00 bits per heavy atom. The molecule has 0 aliphatic carbocycles. The van der Waals surface area contributed by atoms with Crippen LogP contribution in [0.1, 0.15) is 5.56 Å². The molecule has 0 saturated carbocycles. The van der Waals surface area contributed by atoms with Crippen LogP contribution in [-0.4, -0.2) is 31.0 Å². The van der Waals surface area contributed by atoms with E-state index in [2.05, 4.69) is 22.7 Å². The maximum Gasteiger partial charge on any atom is 0.408 e. The van der Waals surface area contributed by atoms with Gasteiger partial charge in [0, 0.05) is 5.75 Å². The Morgan fingerprint density at radius 1 is 1.33 bits per heavy atom. The molecule has 1 rings (SSSR count). The molecule has 0 aliphatic rings. The van der Waals surface area contributed by atoms with Gasteiger partial charge in [-0.05, 0) is 5.56 Å². The molecule has 0 unspecified atom stereocenters. The van der Waals surface area contributed by atoms with Crippen LogP contribution in [0.5, 0.6) is 0 Å². The molecule has 18 heavy (non-hydrogen) atoms. The topological polar surface area (TPSA) is 64.6 Å². The van der Waals surface area contributed by atoms with E-state index in [9.17, 15) is 9.59 Å². The molecule has 0 heterocycles. The molecule has 0 aromatic heterocycles. The number of esters is 1. The maximum absolute atomic E-state index is 11.4. The first kappa shape index (κ1) is 14.4. The first-order chi connectivity index (χ1) is 8.67. The van der Waals surface area contributed by atoms with Crippen molar-refractivity contribution in [1.29, 1.82) is 0 Å². The highest BCUT2D eigenvalue weighted by molar-refractivity contribution is 7.80. The van der Waals surface area contributed by atoms with Crippen LogP contribution in [-0.2, 0) is 20.9 Å². The molecular formula is C12H15NO4S. The number of hydrogen-bond donors (Lipinski definition) is 2. The van der Waals surface area contributed by atoms with Crippen LogP contribution < -0.4 is 5.32 Å². The van der Waals surface area contributed by atoms with Crippen LogP contribution in [0, 0.1) is 0 Å². The molecule has 0 fully saturated rings. The average Bonchev–Trinajstić information content (AvgIpc) is 2.42. The molecule has 1 aromatic carbocycles. The summed E-state index contributed by atoms with van der Waals surface area (Å²) in [5.74, 6) is -0.408. The molecule has 98 valence electrons. The van der Waals surface area contributed by atoms with Crippen molar-refractivity contribution in [3.05, 3.63) is 35.9 Å². The van der Waals surface area contributed by atoms with Crippen LogP contribution in [0.3, 0.4) is 0 Å². The zero-order valence-corrected chi connectivity index (χ0v) is 10.9. The molecular weight excluding hydrogens is 254 g/mol. The predicted octanol–water partition coefficient (Wildman–Crippen LogP) is 1.38. The number of alkyl carbamates (subject to hydrolysis) is 1. The Kier molecular flexibility index (Phi) is 6.07. The monoisotopic (exact) mass is 269 g/mol. The van der Waals surface area contributed by atoms with Crippen molar-refractivity contribution < 1.29 is 19.1 Å². The van der Waals surface area contributed by atoms with Crippen LogP contribution in [0.25, 0.3) is 0 Å². The number of ether oxygens (including phenoxy) is 2. The summed E-state index contributed by atoms with van der Waals surface area (Å²) in [4.78, 5) is 22.6. The summed E-state index contributed by atoms with van der Waals surface area (Å²) in [5.41, 5.74) is 0.869. The van der Waals surface area contributed by atoms with Crippen LogP contribution in [0.15, 0.2) is 30.3 Å². The minimum atomic E-state index is -0.804. The third-order valence-corrected chi connectivity index (χ3v) is 2.54. The Balaban J connectivity index is 2.39. The van der Waals surface area contributed by atoms with Crippen molar-refractivity contribution in [2.75, 3.05) is 12.9 Å². The number of benzene rings is 1. The smallest absolute Gasteiger partial charge is 0.408 e. The van der Waals surface area contributed by atoms with Crippen molar-refractivity contribution in [1.82, 2.24) is 5.32 Å². The lowest BCUT2D eigenvalue weighted by atomic mass is 10.2. The van der Waals surface area contributed by atoms with E-state index < -0.39 is 18.1 Å². The quantitative estimate of drug-likeness (QED) is 0.626. The van der Waals surface area contributed by atoms with Crippen LogP contribution in [0.2, 0.25) is 0 Å². The largest absolute Gasteiger partial charge is 0.467 e. The number of amides is 1. The molecule has 0 aliphatic heterocycles. The second kappa shape index (κ2) is 7.60. The summed E-state index contributed by atoms with van der Waals surface area (Å²) in [6.45, 7) is 0.146. The van der Waals surface area contributed by atoms with Gasteiger partial charge in [0.05, 0.1) is 7.11 Å². The van der Waals surface area contributed by atoms with Gasteiger partial charge in [-0.2, -0.15) is 12.6 Å². The lowest BCUT2D eigenvalue weighted by Crippen LogP contribution is -2.43. The third kappa shape index (κ3) is 4.67. The number of carbonyl (C=O) groups is 2. The molecule has 1 atom stereocenters. The zero-order valence-electron chi connectivity index (χ0n) is 9.96. The summed E-state index contributed by atoms with van der Waals surface area (Å²) >= 11 is 3.95. The highest BCUT2D eigenvalue weighted by Gasteiger charge is 2.20. The predicted molar refractivity (Wildman–Crippen MR) is 69.4 cm³/mol.